The van der Waals surface area contributed by atoms with Crippen molar-refractivity contribution in [1.82, 2.24) is 25.1 Å². The van der Waals surface area contributed by atoms with E-state index in [0.29, 0.717) is 29.6 Å². The molecule has 3 aromatic heterocycles. The second-order valence-corrected chi connectivity index (χ2v) is 7.64. The summed E-state index contributed by atoms with van der Waals surface area (Å²) in [6, 6.07) is 5.66. The summed E-state index contributed by atoms with van der Waals surface area (Å²) in [5, 5.41) is 12.4. The lowest BCUT2D eigenvalue weighted by Gasteiger charge is -2.10. The molecule has 0 aliphatic rings. The van der Waals surface area contributed by atoms with E-state index in [4.69, 9.17) is 0 Å². The van der Waals surface area contributed by atoms with E-state index in [2.05, 4.69) is 41.6 Å². The number of carbonyl (C=O) groups excluding carboxylic acids is 1. The third kappa shape index (κ3) is 4.47. The first-order valence-corrected chi connectivity index (χ1v) is 9.75. The number of halogens is 1. The lowest BCUT2D eigenvalue weighted by molar-refractivity contribution is 0.0959. The minimum absolute atomic E-state index is 0.0790. The topological polar surface area (TPSA) is 84.7 Å². The van der Waals surface area contributed by atoms with Crippen LogP contribution < -0.4 is 10.6 Å². The SMILES string of the molecule is Cc1cc(C)n(-c2cc(NCCNC(=O)c3cc(Br)cs3)nc(C)n2)n1. The molecule has 2 N–H and O–H groups in total. The highest BCUT2D eigenvalue weighted by atomic mass is 79.9. The molecule has 0 aromatic carbocycles. The highest BCUT2D eigenvalue weighted by Crippen LogP contribution is 2.19. The van der Waals surface area contributed by atoms with Gasteiger partial charge in [-0.05, 0) is 48.8 Å². The smallest absolute Gasteiger partial charge is 0.261 e. The number of anilines is 1. The van der Waals surface area contributed by atoms with Crippen molar-refractivity contribution in [2.45, 2.75) is 20.8 Å². The molecule has 0 saturated heterocycles. The second kappa shape index (κ2) is 7.96. The maximum Gasteiger partial charge on any atom is 0.261 e. The van der Waals surface area contributed by atoms with Crippen molar-refractivity contribution in [3.8, 4) is 5.82 Å². The summed E-state index contributed by atoms with van der Waals surface area (Å²) in [5.41, 5.74) is 1.96. The maximum atomic E-state index is 12.0. The van der Waals surface area contributed by atoms with E-state index >= 15 is 0 Å². The van der Waals surface area contributed by atoms with E-state index < -0.39 is 0 Å². The number of carbonyl (C=O) groups is 1. The van der Waals surface area contributed by atoms with Crippen molar-refractivity contribution in [2.75, 3.05) is 18.4 Å². The van der Waals surface area contributed by atoms with Crippen molar-refractivity contribution in [3.63, 3.8) is 0 Å². The molecule has 0 bridgehead atoms. The fourth-order valence-corrected chi connectivity index (χ4v) is 3.84. The van der Waals surface area contributed by atoms with Crippen LogP contribution in [0, 0.1) is 20.8 Å². The Bertz CT molecular complexity index is 935. The molecular formula is C17H19BrN6OS. The summed E-state index contributed by atoms with van der Waals surface area (Å²) in [7, 11) is 0. The molecule has 0 unspecified atom stereocenters. The molecule has 7 nitrogen and oxygen atoms in total. The Kier molecular flexibility index (Phi) is 5.67. The average molecular weight is 435 g/mol. The molecule has 0 aliphatic carbocycles. The number of thiophene rings is 1. The van der Waals surface area contributed by atoms with Gasteiger partial charge in [-0.25, -0.2) is 14.6 Å². The van der Waals surface area contributed by atoms with E-state index in [0.717, 1.165) is 21.7 Å². The largest absolute Gasteiger partial charge is 0.368 e. The molecular weight excluding hydrogens is 416 g/mol. The molecule has 1 amide bonds. The van der Waals surface area contributed by atoms with E-state index in [1.54, 1.807) is 4.68 Å². The Labute approximate surface area is 164 Å². The van der Waals surface area contributed by atoms with Crippen LogP contribution in [-0.4, -0.2) is 38.7 Å². The zero-order valence-electron chi connectivity index (χ0n) is 14.7. The number of nitrogens with one attached hydrogen (secondary N) is 2. The molecule has 0 saturated carbocycles. The first-order chi connectivity index (χ1) is 12.4. The lowest BCUT2D eigenvalue weighted by atomic mass is 10.4. The normalized spacial score (nSPS) is 10.8. The first-order valence-electron chi connectivity index (χ1n) is 8.08. The number of aromatic nitrogens is 4. The minimum Gasteiger partial charge on any atom is -0.368 e. The summed E-state index contributed by atoms with van der Waals surface area (Å²) < 4.78 is 2.71. The van der Waals surface area contributed by atoms with Crippen molar-refractivity contribution in [3.05, 3.63) is 50.1 Å². The Morgan fingerprint density at radius 1 is 1.19 bits per heavy atom. The van der Waals surface area contributed by atoms with Gasteiger partial charge in [0, 0.05) is 34.7 Å². The van der Waals surface area contributed by atoms with Crippen LogP contribution in [0.3, 0.4) is 0 Å². The number of nitrogens with zero attached hydrogens (tertiary/aromatic N) is 4. The second-order valence-electron chi connectivity index (χ2n) is 5.81. The average Bonchev–Trinajstić information content (AvgIpc) is 3.16. The summed E-state index contributed by atoms with van der Waals surface area (Å²) in [4.78, 5) is 21.5. The molecule has 0 aliphatic heterocycles. The van der Waals surface area contributed by atoms with Gasteiger partial charge in [0.2, 0.25) is 0 Å². The molecule has 26 heavy (non-hydrogen) atoms. The van der Waals surface area contributed by atoms with Gasteiger partial charge >= 0.3 is 0 Å². The highest BCUT2D eigenvalue weighted by molar-refractivity contribution is 9.10. The Morgan fingerprint density at radius 3 is 2.65 bits per heavy atom. The van der Waals surface area contributed by atoms with Gasteiger partial charge in [-0.2, -0.15) is 5.10 Å². The first kappa shape index (κ1) is 18.5. The summed E-state index contributed by atoms with van der Waals surface area (Å²) >= 11 is 4.76. The van der Waals surface area contributed by atoms with Crippen LogP contribution in [0.1, 0.15) is 26.9 Å². The van der Waals surface area contributed by atoms with Gasteiger partial charge in [0.15, 0.2) is 5.82 Å². The van der Waals surface area contributed by atoms with Crippen LogP contribution in [-0.2, 0) is 0 Å². The highest BCUT2D eigenvalue weighted by Gasteiger charge is 2.09. The van der Waals surface area contributed by atoms with Gasteiger partial charge in [0.25, 0.3) is 5.91 Å². The van der Waals surface area contributed by atoms with Gasteiger partial charge in [-0.1, -0.05) is 0 Å². The van der Waals surface area contributed by atoms with E-state index in [1.807, 2.05) is 44.4 Å². The van der Waals surface area contributed by atoms with Crippen molar-refractivity contribution >= 4 is 39.0 Å². The van der Waals surface area contributed by atoms with Gasteiger partial charge in [-0.3, -0.25) is 4.79 Å². The van der Waals surface area contributed by atoms with Gasteiger partial charge in [-0.15, -0.1) is 11.3 Å². The zero-order chi connectivity index (χ0) is 18.7. The minimum atomic E-state index is -0.0790. The number of aryl methyl sites for hydroxylation is 3. The zero-order valence-corrected chi connectivity index (χ0v) is 17.1. The monoisotopic (exact) mass is 434 g/mol. The molecule has 3 heterocycles. The molecule has 3 rings (SSSR count). The van der Waals surface area contributed by atoms with Gasteiger partial charge in [0.1, 0.15) is 11.6 Å². The maximum absolute atomic E-state index is 12.0. The molecule has 9 heteroatoms. The Balaban J connectivity index is 1.60. The Morgan fingerprint density at radius 2 is 2.00 bits per heavy atom. The van der Waals surface area contributed by atoms with Crippen LogP contribution in [0.5, 0.6) is 0 Å². The van der Waals surface area contributed by atoms with E-state index in [9.17, 15) is 4.79 Å². The van der Waals surface area contributed by atoms with Crippen molar-refractivity contribution in [1.29, 1.82) is 0 Å². The number of hydrogen-bond donors (Lipinski definition) is 2. The fraction of sp³-hybridized carbons (Fsp3) is 0.294. The predicted molar refractivity (Wildman–Crippen MR) is 106 cm³/mol. The molecule has 0 radical (unpaired) electrons. The summed E-state index contributed by atoms with van der Waals surface area (Å²) in [6.45, 7) is 6.84. The third-order valence-electron chi connectivity index (χ3n) is 3.56. The van der Waals surface area contributed by atoms with Crippen LogP contribution in [0.2, 0.25) is 0 Å². The third-order valence-corrected chi connectivity index (χ3v) is 5.25. The molecule has 136 valence electrons. The van der Waals surface area contributed by atoms with Crippen molar-refractivity contribution in [2.24, 2.45) is 0 Å². The number of hydrogen-bond acceptors (Lipinski definition) is 6. The Hall–Kier alpha value is -2.26. The van der Waals surface area contributed by atoms with Crippen molar-refractivity contribution < 1.29 is 4.79 Å². The van der Waals surface area contributed by atoms with Crippen LogP contribution in [0.4, 0.5) is 5.82 Å². The van der Waals surface area contributed by atoms with Gasteiger partial charge in [0.05, 0.1) is 10.6 Å². The summed E-state index contributed by atoms with van der Waals surface area (Å²) in [6.07, 6.45) is 0. The van der Waals surface area contributed by atoms with Crippen LogP contribution in [0.25, 0.3) is 5.82 Å². The quantitative estimate of drug-likeness (QED) is 0.581. The molecule has 0 fully saturated rings. The molecule has 3 aromatic rings. The number of rotatable bonds is 6. The summed E-state index contributed by atoms with van der Waals surface area (Å²) in [5.74, 6) is 2.00. The number of amides is 1. The molecule has 0 spiro atoms. The fourth-order valence-electron chi connectivity index (χ4n) is 2.50. The standard InChI is InChI=1S/C17H19BrN6OS/c1-10-6-11(2)24(23-10)16-8-15(21-12(3)22-16)19-4-5-20-17(25)14-7-13(18)9-26-14/h6-9H,4-5H2,1-3H3,(H,20,25)(H,19,21,22). The van der Waals surface area contributed by atoms with Crippen LogP contribution >= 0.6 is 27.3 Å². The van der Waals surface area contributed by atoms with E-state index in [-0.39, 0.29) is 5.91 Å². The van der Waals surface area contributed by atoms with Gasteiger partial charge < -0.3 is 10.6 Å². The van der Waals surface area contributed by atoms with Crippen LogP contribution in [0.15, 0.2) is 28.1 Å². The molecule has 0 atom stereocenters. The lowest BCUT2D eigenvalue weighted by Crippen LogP contribution is -2.28. The predicted octanol–water partition coefficient (Wildman–Crippen LogP) is 3.25. The van der Waals surface area contributed by atoms with E-state index in [1.165, 1.54) is 11.3 Å².